The maximum absolute atomic E-state index is 14.3. The molecular weight excluding hydrogens is 536 g/mol. The third-order valence-electron chi connectivity index (χ3n) is 13.3. The molecule has 41 heavy (non-hydrogen) atoms. The first kappa shape index (κ1) is 28.5. The Kier molecular flexibility index (Phi) is 6.68. The second-order valence-corrected chi connectivity index (χ2v) is 16.9. The maximum Gasteiger partial charge on any atom is 0.297 e. The number of carbonyl (C=O) groups is 1. The Hall–Kier alpha value is -1.28. The van der Waals surface area contributed by atoms with Crippen LogP contribution in [0.25, 0.3) is 0 Å². The van der Waals surface area contributed by atoms with Crippen molar-refractivity contribution >= 4 is 15.9 Å². The van der Waals surface area contributed by atoms with Crippen LogP contribution < -0.4 is 0 Å². The second kappa shape index (κ2) is 9.61. The minimum Gasteiger partial charge on any atom is -0.349 e. The summed E-state index contributed by atoms with van der Waals surface area (Å²) >= 11 is 0. The van der Waals surface area contributed by atoms with Crippen LogP contribution in [0.4, 0.5) is 0 Å². The van der Waals surface area contributed by atoms with E-state index in [0.29, 0.717) is 41.8 Å². The van der Waals surface area contributed by atoms with Gasteiger partial charge in [-0.3, -0.25) is 8.98 Å². The number of aryl methyl sites for hydroxylation is 1. The lowest BCUT2D eigenvalue weighted by atomic mass is 9.44. The Morgan fingerprint density at radius 3 is 2.41 bits per heavy atom. The summed E-state index contributed by atoms with van der Waals surface area (Å²) in [7, 11) is -3.79. The topological polar surface area (TPSA) is 78.9 Å². The number of carbonyl (C=O) groups excluding carboxylic acids is 1. The van der Waals surface area contributed by atoms with E-state index in [1.54, 1.807) is 12.1 Å². The summed E-state index contributed by atoms with van der Waals surface area (Å²) in [6.07, 6.45) is 8.09. The van der Waals surface area contributed by atoms with Crippen LogP contribution in [0, 0.1) is 59.2 Å². The number of rotatable bonds is 3. The molecule has 2 saturated heterocycles. The zero-order valence-corrected chi connectivity index (χ0v) is 26.3. The summed E-state index contributed by atoms with van der Waals surface area (Å²) in [4.78, 5) is 14.5. The van der Waals surface area contributed by atoms with E-state index in [1.165, 1.54) is 0 Å². The molecule has 8 unspecified atom stereocenters. The van der Waals surface area contributed by atoms with Gasteiger partial charge in [-0.15, -0.1) is 0 Å². The molecule has 0 bridgehead atoms. The third kappa shape index (κ3) is 4.18. The summed E-state index contributed by atoms with van der Waals surface area (Å²) in [6, 6.07) is 6.90. The Bertz CT molecular complexity index is 1300. The van der Waals surface area contributed by atoms with Gasteiger partial charge in [-0.1, -0.05) is 45.4 Å². The number of ether oxygens (including phenoxy) is 2. The molecule has 1 aromatic rings. The van der Waals surface area contributed by atoms with Crippen LogP contribution in [-0.4, -0.2) is 38.8 Å². The molecule has 12 atom stereocenters. The SMILES string of the molecule is Cc1ccc(S(=O)(=O)O[C@@H]2CC[C@@]3(C)C(CCC4C3CC(=O)[C@@]3(C)C4CC4O[C@]5(CCC(C)CO5)C(C)C43)C2)cc1. The lowest BCUT2D eigenvalue weighted by Crippen LogP contribution is -2.58. The first-order valence-corrected chi connectivity index (χ1v) is 17.6. The standard InChI is InChI=1S/C34H48O6S/c1-20-6-9-25(10-7-20)41(36,37)40-24-13-14-32(4)23(16-24)8-11-26-27(32)18-30(35)33(5)28(26)17-29-31(33)22(3)34(39-29)15-12-21(2)19-38-34/h6-7,9-10,21-24,26-29,31H,8,11-19H2,1-5H3/t21?,22?,23?,24-,26?,27?,28?,29?,31?,32+,33-,34-/m1/s1. The first-order chi connectivity index (χ1) is 19.4. The number of hydrogen-bond donors (Lipinski definition) is 0. The molecule has 1 aromatic carbocycles. The van der Waals surface area contributed by atoms with Gasteiger partial charge in [-0.05, 0) is 99.0 Å². The van der Waals surface area contributed by atoms with Gasteiger partial charge in [0.15, 0.2) is 5.79 Å². The van der Waals surface area contributed by atoms with Crippen LogP contribution in [0.5, 0.6) is 0 Å². The highest BCUT2D eigenvalue weighted by Crippen LogP contribution is 2.70. The molecule has 6 nitrogen and oxygen atoms in total. The molecule has 2 heterocycles. The zero-order chi connectivity index (χ0) is 28.9. The van der Waals surface area contributed by atoms with E-state index < -0.39 is 15.9 Å². The molecule has 6 aliphatic rings. The highest BCUT2D eigenvalue weighted by molar-refractivity contribution is 7.86. The average Bonchev–Trinajstić information content (AvgIpc) is 3.38. The van der Waals surface area contributed by atoms with Crippen molar-refractivity contribution in [1.29, 1.82) is 0 Å². The third-order valence-corrected chi connectivity index (χ3v) is 14.7. The van der Waals surface area contributed by atoms with Gasteiger partial charge in [0.1, 0.15) is 5.78 Å². The first-order valence-electron chi connectivity index (χ1n) is 16.2. The van der Waals surface area contributed by atoms with E-state index in [2.05, 4.69) is 27.7 Å². The van der Waals surface area contributed by atoms with Crippen LogP contribution in [0.2, 0.25) is 0 Å². The number of benzene rings is 1. The lowest BCUT2D eigenvalue weighted by molar-refractivity contribution is -0.272. The van der Waals surface area contributed by atoms with Gasteiger partial charge in [0.05, 0.1) is 23.7 Å². The van der Waals surface area contributed by atoms with E-state index >= 15 is 0 Å². The minimum absolute atomic E-state index is 0.0431. The average molecular weight is 585 g/mol. The van der Waals surface area contributed by atoms with Crippen LogP contribution in [-0.2, 0) is 28.6 Å². The van der Waals surface area contributed by atoms with Crippen molar-refractivity contribution in [2.24, 2.45) is 52.3 Å². The van der Waals surface area contributed by atoms with Gasteiger partial charge in [0.2, 0.25) is 0 Å². The minimum atomic E-state index is -3.79. The molecule has 0 radical (unpaired) electrons. The van der Waals surface area contributed by atoms with Gasteiger partial charge in [-0.25, -0.2) is 0 Å². The molecule has 6 fully saturated rings. The van der Waals surface area contributed by atoms with E-state index in [1.807, 2.05) is 19.1 Å². The lowest BCUT2D eigenvalue weighted by Gasteiger charge is -2.60. The Labute approximate surface area is 246 Å². The summed E-state index contributed by atoms with van der Waals surface area (Å²) in [5.41, 5.74) is 0.726. The van der Waals surface area contributed by atoms with Gasteiger partial charge in [-0.2, -0.15) is 8.42 Å². The van der Waals surface area contributed by atoms with Crippen molar-refractivity contribution in [3.8, 4) is 0 Å². The maximum atomic E-state index is 14.3. The number of ketones is 1. The molecule has 7 rings (SSSR count). The van der Waals surface area contributed by atoms with Crippen molar-refractivity contribution in [2.45, 2.75) is 115 Å². The predicted molar refractivity (Wildman–Crippen MR) is 155 cm³/mol. The molecule has 0 N–H and O–H groups in total. The van der Waals surface area contributed by atoms with Crippen molar-refractivity contribution < 1.29 is 26.9 Å². The highest BCUT2D eigenvalue weighted by atomic mass is 32.2. The fourth-order valence-corrected chi connectivity index (χ4v) is 12.1. The molecule has 1 spiro atoms. The molecule has 2 aliphatic heterocycles. The van der Waals surface area contributed by atoms with Crippen molar-refractivity contribution in [3.63, 3.8) is 0 Å². The fourth-order valence-electron chi connectivity index (χ4n) is 10.9. The van der Waals surface area contributed by atoms with Gasteiger partial charge in [0.25, 0.3) is 10.1 Å². The second-order valence-electron chi connectivity index (χ2n) is 15.3. The van der Waals surface area contributed by atoms with Crippen molar-refractivity contribution in [3.05, 3.63) is 29.8 Å². The fraction of sp³-hybridized carbons (Fsp3) is 0.794. The van der Waals surface area contributed by atoms with Gasteiger partial charge in [0, 0.05) is 30.1 Å². The van der Waals surface area contributed by atoms with E-state index in [-0.39, 0.29) is 39.8 Å². The smallest absolute Gasteiger partial charge is 0.297 e. The number of hydrogen-bond acceptors (Lipinski definition) is 6. The molecule has 226 valence electrons. The Morgan fingerprint density at radius 2 is 1.71 bits per heavy atom. The molecule has 0 aromatic heterocycles. The molecule has 0 amide bonds. The summed E-state index contributed by atoms with van der Waals surface area (Å²) in [6.45, 7) is 11.9. The van der Waals surface area contributed by atoms with Gasteiger partial charge >= 0.3 is 0 Å². The normalized spacial score (nSPS) is 49.3. The van der Waals surface area contributed by atoms with E-state index in [4.69, 9.17) is 13.7 Å². The Balaban J connectivity index is 1.08. The highest BCUT2D eigenvalue weighted by Gasteiger charge is 2.71. The van der Waals surface area contributed by atoms with Crippen molar-refractivity contribution in [2.75, 3.05) is 6.61 Å². The molecular formula is C34H48O6S. The largest absolute Gasteiger partial charge is 0.349 e. The molecule has 7 heteroatoms. The summed E-state index contributed by atoms with van der Waals surface area (Å²) in [5.74, 6) is 2.58. The Morgan fingerprint density at radius 1 is 0.951 bits per heavy atom. The zero-order valence-electron chi connectivity index (χ0n) is 25.4. The monoisotopic (exact) mass is 584 g/mol. The van der Waals surface area contributed by atoms with Crippen LogP contribution in [0.3, 0.4) is 0 Å². The summed E-state index contributed by atoms with van der Waals surface area (Å²) < 4.78 is 45.2. The van der Waals surface area contributed by atoms with Crippen LogP contribution in [0.1, 0.15) is 91.0 Å². The van der Waals surface area contributed by atoms with Crippen molar-refractivity contribution in [1.82, 2.24) is 0 Å². The quantitative estimate of drug-likeness (QED) is 0.368. The van der Waals surface area contributed by atoms with Crippen LogP contribution >= 0.6 is 0 Å². The predicted octanol–water partition coefficient (Wildman–Crippen LogP) is 6.69. The summed E-state index contributed by atoms with van der Waals surface area (Å²) in [5, 5.41) is 0. The molecule has 4 aliphatic carbocycles. The van der Waals surface area contributed by atoms with Crippen LogP contribution in [0.15, 0.2) is 29.2 Å². The number of Topliss-reactive ketones (excluding diaryl/α,β-unsaturated/α-hetero) is 1. The van der Waals surface area contributed by atoms with E-state index in [0.717, 1.165) is 63.5 Å². The molecule has 4 saturated carbocycles. The number of fused-ring (bicyclic) bond motifs is 7. The van der Waals surface area contributed by atoms with E-state index in [9.17, 15) is 13.2 Å². The van der Waals surface area contributed by atoms with Gasteiger partial charge < -0.3 is 9.47 Å².